The van der Waals surface area contributed by atoms with Crippen molar-refractivity contribution >= 4 is 15.5 Å². The molecule has 1 fully saturated rings. The number of hydrogen-bond acceptors (Lipinski definition) is 6. The van der Waals surface area contributed by atoms with E-state index in [1.54, 1.807) is 0 Å². The van der Waals surface area contributed by atoms with Gasteiger partial charge in [-0.1, -0.05) is 49.7 Å². The van der Waals surface area contributed by atoms with Crippen LogP contribution in [0.25, 0.3) is 16.9 Å². The van der Waals surface area contributed by atoms with Gasteiger partial charge >= 0.3 is 0 Å². The molecule has 0 spiro atoms. The minimum absolute atomic E-state index is 0.177. The van der Waals surface area contributed by atoms with Crippen molar-refractivity contribution in [3.63, 3.8) is 0 Å². The Hall–Kier alpha value is -3.23. The van der Waals surface area contributed by atoms with Crippen molar-refractivity contribution in [2.45, 2.75) is 45.4 Å². The van der Waals surface area contributed by atoms with Crippen LogP contribution in [-0.4, -0.2) is 65.7 Å². The Balaban J connectivity index is 1.24. The van der Waals surface area contributed by atoms with E-state index in [9.17, 15) is 8.42 Å². The van der Waals surface area contributed by atoms with Gasteiger partial charge < -0.3 is 4.74 Å². The maximum absolute atomic E-state index is 12.3. The second kappa shape index (κ2) is 12.7. The second-order valence-corrected chi connectivity index (χ2v) is 12.7. The highest BCUT2D eigenvalue weighted by atomic mass is 32.2. The highest BCUT2D eigenvalue weighted by Crippen LogP contribution is 2.23. The van der Waals surface area contributed by atoms with Gasteiger partial charge in [0, 0.05) is 18.5 Å². The third-order valence-corrected chi connectivity index (χ3v) is 9.03. The molecule has 5 rings (SSSR count). The molecule has 1 aliphatic rings. The van der Waals surface area contributed by atoms with E-state index in [1.165, 1.54) is 25.9 Å². The number of benzene rings is 2. The highest BCUT2D eigenvalue weighted by molar-refractivity contribution is 7.91. The number of nitrogens with zero attached hydrogens (tertiary/aromatic N) is 4. The predicted octanol–water partition coefficient (Wildman–Crippen LogP) is 5.22. The van der Waals surface area contributed by atoms with Crippen molar-refractivity contribution in [3.05, 3.63) is 83.7 Å². The molecule has 7 nitrogen and oxygen atoms in total. The van der Waals surface area contributed by atoms with E-state index in [0.29, 0.717) is 19.4 Å². The van der Waals surface area contributed by atoms with E-state index in [4.69, 9.17) is 14.8 Å². The van der Waals surface area contributed by atoms with E-state index in [1.807, 2.05) is 60.0 Å². The smallest absolute Gasteiger partial charge is 0.156 e. The van der Waals surface area contributed by atoms with Crippen LogP contribution >= 0.6 is 0 Å². The quantitative estimate of drug-likeness (QED) is 0.229. The minimum atomic E-state index is -3.03. The fraction of sp³-hybridized carbons (Fsp3) is 0.419. The molecule has 2 aromatic heterocycles. The number of pyridine rings is 1. The predicted molar refractivity (Wildman–Crippen MR) is 156 cm³/mol. The van der Waals surface area contributed by atoms with Gasteiger partial charge in [0.1, 0.15) is 12.4 Å². The molecule has 0 N–H and O–H groups in total. The SMILES string of the molecule is CCCCS(=O)(=O)CCc1cccc(-c2cccc3nc(Cc4ccc(OCCN5CCCC5)cc4)nn23)c1. The number of aryl methyl sites for hydroxylation is 1. The summed E-state index contributed by atoms with van der Waals surface area (Å²) in [6, 6.07) is 22.2. The number of ether oxygens (including phenoxy) is 1. The van der Waals surface area contributed by atoms with Crippen LogP contribution in [0, 0.1) is 0 Å². The third kappa shape index (κ3) is 7.46. The third-order valence-electron chi connectivity index (χ3n) is 7.30. The highest BCUT2D eigenvalue weighted by Gasteiger charge is 2.14. The van der Waals surface area contributed by atoms with E-state index in [-0.39, 0.29) is 11.5 Å². The lowest BCUT2D eigenvalue weighted by Gasteiger charge is -2.14. The number of sulfone groups is 1. The topological polar surface area (TPSA) is 76.8 Å². The summed E-state index contributed by atoms with van der Waals surface area (Å²) < 4.78 is 32.5. The lowest BCUT2D eigenvalue weighted by molar-refractivity contribution is 0.238. The maximum Gasteiger partial charge on any atom is 0.156 e. The first kappa shape index (κ1) is 27.3. The number of unbranched alkanes of at least 4 members (excludes halogenated alkanes) is 1. The van der Waals surface area contributed by atoms with E-state index in [2.05, 4.69) is 23.1 Å². The largest absolute Gasteiger partial charge is 0.492 e. The normalized spacial score (nSPS) is 14.3. The standard InChI is InChI=1S/C31H38N4O3S/c1-2-3-21-39(36,37)22-16-25-8-6-9-27(23-25)29-10-7-11-31-32-30(33-35(29)31)24-26-12-14-28(15-13-26)38-20-19-34-17-4-5-18-34/h6-15,23H,2-5,16-22,24H2,1H3. The molecule has 1 saturated heterocycles. The Morgan fingerprint density at radius 3 is 2.51 bits per heavy atom. The summed E-state index contributed by atoms with van der Waals surface area (Å²) in [7, 11) is -3.03. The fourth-order valence-corrected chi connectivity index (χ4v) is 6.53. The van der Waals surface area contributed by atoms with Crippen molar-refractivity contribution < 1.29 is 13.2 Å². The zero-order chi connectivity index (χ0) is 27.1. The summed E-state index contributed by atoms with van der Waals surface area (Å²) in [4.78, 5) is 7.22. The van der Waals surface area contributed by atoms with Crippen molar-refractivity contribution in [1.29, 1.82) is 0 Å². The molecule has 0 unspecified atom stereocenters. The van der Waals surface area contributed by atoms with Crippen LogP contribution in [0.4, 0.5) is 0 Å². The first-order chi connectivity index (χ1) is 19.0. The molecule has 0 saturated carbocycles. The number of hydrogen-bond donors (Lipinski definition) is 0. The molecule has 206 valence electrons. The first-order valence-corrected chi connectivity index (χ1v) is 15.9. The molecule has 4 aromatic rings. The Morgan fingerprint density at radius 1 is 0.923 bits per heavy atom. The van der Waals surface area contributed by atoms with E-state index in [0.717, 1.165) is 59.0 Å². The van der Waals surface area contributed by atoms with Crippen LogP contribution in [0.1, 0.15) is 49.6 Å². The maximum atomic E-state index is 12.3. The summed E-state index contributed by atoms with van der Waals surface area (Å²) in [5, 5.41) is 4.82. The molecule has 2 aromatic carbocycles. The van der Waals surface area contributed by atoms with Crippen LogP contribution in [0.3, 0.4) is 0 Å². The van der Waals surface area contributed by atoms with Crippen LogP contribution in [-0.2, 0) is 22.7 Å². The molecule has 1 aliphatic heterocycles. The second-order valence-electron chi connectivity index (χ2n) is 10.4. The zero-order valence-corrected chi connectivity index (χ0v) is 23.6. The van der Waals surface area contributed by atoms with Crippen LogP contribution < -0.4 is 4.74 Å². The van der Waals surface area contributed by atoms with Crippen molar-refractivity contribution in [1.82, 2.24) is 19.5 Å². The summed E-state index contributed by atoms with van der Waals surface area (Å²) in [6.45, 7) is 6.08. The average Bonchev–Trinajstić information content (AvgIpc) is 3.62. The van der Waals surface area contributed by atoms with Gasteiger partial charge in [0.25, 0.3) is 0 Å². The van der Waals surface area contributed by atoms with Crippen molar-refractivity contribution in [2.75, 3.05) is 37.7 Å². The Morgan fingerprint density at radius 2 is 1.72 bits per heavy atom. The summed E-state index contributed by atoms with van der Waals surface area (Å²) >= 11 is 0. The Labute approximate surface area is 231 Å². The molecule has 39 heavy (non-hydrogen) atoms. The van der Waals surface area contributed by atoms with E-state index >= 15 is 0 Å². The van der Waals surface area contributed by atoms with Gasteiger partial charge in [0.2, 0.25) is 0 Å². The van der Waals surface area contributed by atoms with Gasteiger partial charge in [0.15, 0.2) is 21.3 Å². The van der Waals surface area contributed by atoms with Crippen LogP contribution in [0.2, 0.25) is 0 Å². The fourth-order valence-electron chi connectivity index (χ4n) is 5.05. The lowest BCUT2D eigenvalue weighted by Crippen LogP contribution is -2.25. The van der Waals surface area contributed by atoms with E-state index < -0.39 is 9.84 Å². The number of aromatic nitrogens is 3. The Bertz CT molecular complexity index is 1480. The van der Waals surface area contributed by atoms with Gasteiger partial charge in [0.05, 0.1) is 17.2 Å². The molecule has 0 atom stereocenters. The minimum Gasteiger partial charge on any atom is -0.492 e. The first-order valence-electron chi connectivity index (χ1n) is 14.1. The monoisotopic (exact) mass is 546 g/mol. The van der Waals surface area contributed by atoms with Crippen molar-refractivity contribution in [2.24, 2.45) is 0 Å². The zero-order valence-electron chi connectivity index (χ0n) is 22.8. The summed E-state index contributed by atoms with van der Waals surface area (Å²) in [5.74, 6) is 2.08. The van der Waals surface area contributed by atoms with Gasteiger partial charge in [-0.15, -0.1) is 0 Å². The molecule has 0 radical (unpaired) electrons. The van der Waals surface area contributed by atoms with Crippen LogP contribution in [0.5, 0.6) is 5.75 Å². The van der Waals surface area contributed by atoms with Crippen molar-refractivity contribution in [3.8, 4) is 17.0 Å². The summed E-state index contributed by atoms with van der Waals surface area (Å²) in [6.07, 6.45) is 5.34. The molecular weight excluding hydrogens is 508 g/mol. The molecular formula is C31H38N4O3S. The Kier molecular flexibility index (Phi) is 8.94. The van der Waals surface area contributed by atoms with Gasteiger partial charge in [-0.2, -0.15) is 5.10 Å². The lowest BCUT2D eigenvalue weighted by atomic mass is 10.1. The molecule has 0 aliphatic carbocycles. The number of fused-ring (bicyclic) bond motifs is 1. The summed E-state index contributed by atoms with van der Waals surface area (Å²) in [5.41, 5.74) is 4.86. The van der Waals surface area contributed by atoms with Gasteiger partial charge in [-0.3, -0.25) is 4.90 Å². The molecule has 0 bridgehead atoms. The van der Waals surface area contributed by atoms with Crippen LogP contribution in [0.15, 0.2) is 66.7 Å². The molecule has 0 amide bonds. The molecule has 8 heteroatoms. The van der Waals surface area contributed by atoms with Gasteiger partial charge in [-0.25, -0.2) is 17.9 Å². The molecule has 3 heterocycles. The number of rotatable bonds is 13. The van der Waals surface area contributed by atoms with Gasteiger partial charge in [-0.05, 0) is 80.2 Å². The average molecular weight is 547 g/mol. The number of likely N-dealkylation sites (tertiary alicyclic amines) is 1.